The Bertz CT molecular complexity index is 969. The average molecular weight is 449 g/mol. The van der Waals surface area contributed by atoms with E-state index < -0.39 is 11.7 Å². The number of benzene rings is 1. The Morgan fingerprint density at radius 1 is 1.16 bits per heavy atom. The minimum Gasteiger partial charge on any atom is -0.506 e. The van der Waals surface area contributed by atoms with Gasteiger partial charge in [-0.3, -0.25) is 9.97 Å². The topological polar surface area (TPSA) is 70.1 Å². The lowest BCUT2D eigenvalue weighted by Gasteiger charge is -2.14. The third-order valence-corrected chi connectivity index (χ3v) is 5.03. The van der Waals surface area contributed by atoms with Crippen molar-refractivity contribution in [2.45, 2.75) is 52.8 Å². The van der Waals surface area contributed by atoms with Crippen LogP contribution in [-0.2, 0) is 12.7 Å². The van der Waals surface area contributed by atoms with Gasteiger partial charge in [0.05, 0.1) is 16.8 Å². The maximum Gasteiger partial charge on any atom is 0.418 e. The highest BCUT2D eigenvalue weighted by molar-refractivity contribution is 5.79. The number of alkyl halides is 3. The van der Waals surface area contributed by atoms with Gasteiger partial charge in [0.15, 0.2) is 0 Å². The second-order valence-electron chi connectivity index (χ2n) is 7.50. The van der Waals surface area contributed by atoms with Gasteiger partial charge in [-0.05, 0) is 70.0 Å². The number of hydrogen-bond acceptors (Lipinski definition) is 5. The smallest absolute Gasteiger partial charge is 0.418 e. The summed E-state index contributed by atoms with van der Waals surface area (Å²) in [6.45, 7) is 8.28. The Labute approximate surface area is 187 Å². The summed E-state index contributed by atoms with van der Waals surface area (Å²) < 4.78 is 40.0. The zero-order valence-electron chi connectivity index (χ0n) is 18.8. The van der Waals surface area contributed by atoms with Crippen molar-refractivity contribution in [3.05, 3.63) is 70.9 Å². The fourth-order valence-corrected chi connectivity index (χ4v) is 3.04. The summed E-state index contributed by atoms with van der Waals surface area (Å²) in [7, 11) is 0. The molecule has 1 fully saturated rings. The molecule has 2 heterocycles. The van der Waals surface area contributed by atoms with E-state index in [9.17, 15) is 18.3 Å². The Morgan fingerprint density at radius 2 is 1.84 bits per heavy atom. The fraction of sp³-hybridized carbons (Fsp3) is 0.417. The summed E-state index contributed by atoms with van der Waals surface area (Å²) in [5.41, 5.74) is 1.09. The number of fused-ring (bicyclic) bond motifs is 1. The Morgan fingerprint density at radius 3 is 2.41 bits per heavy atom. The standard InChI is InChI=1S/C20H22F3N3O.C4H9N/c1-4-13(3)6-7-18(27)16(5-2)26-12-14-10-15(20(21,22)23)19-17(11-14)24-8-9-25-19;1-2-4-5-3-1/h5-11,26-27H,4,12H2,1-3H3;5H,1-4H2/b13-6+,16-5+,18-7+;. The second kappa shape index (κ2) is 12.2. The molecule has 0 amide bonds. The minimum absolute atomic E-state index is 0.0157. The minimum atomic E-state index is -4.53. The lowest BCUT2D eigenvalue weighted by molar-refractivity contribution is -0.136. The number of hydrogen-bond donors (Lipinski definition) is 3. The van der Waals surface area contributed by atoms with Gasteiger partial charge in [0.2, 0.25) is 0 Å². The first kappa shape index (κ1) is 25.4. The largest absolute Gasteiger partial charge is 0.506 e. The Kier molecular flexibility index (Phi) is 9.71. The van der Waals surface area contributed by atoms with Crippen molar-refractivity contribution in [3.63, 3.8) is 0 Å². The summed E-state index contributed by atoms with van der Waals surface area (Å²) in [5.74, 6) is 0.0157. The van der Waals surface area contributed by atoms with Gasteiger partial charge in [-0.2, -0.15) is 13.2 Å². The lowest BCUT2D eigenvalue weighted by Crippen LogP contribution is -2.16. The van der Waals surface area contributed by atoms with E-state index >= 15 is 0 Å². The molecule has 1 saturated heterocycles. The van der Waals surface area contributed by atoms with Crippen LogP contribution in [0.3, 0.4) is 0 Å². The van der Waals surface area contributed by atoms with Crippen molar-refractivity contribution in [1.29, 1.82) is 0 Å². The molecule has 3 rings (SSSR count). The number of nitrogens with zero attached hydrogens (tertiary/aromatic N) is 2. The first-order valence-electron chi connectivity index (χ1n) is 10.7. The molecular formula is C24H31F3N4O. The van der Waals surface area contributed by atoms with Crippen LogP contribution in [0.5, 0.6) is 0 Å². The van der Waals surface area contributed by atoms with Gasteiger partial charge in [-0.25, -0.2) is 0 Å². The number of aromatic nitrogens is 2. The van der Waals surface area contributed by atoms with Crippen molar-refractivity contribution >= 4 is 11.0 Å². The van der Waals surface area contributed by atoms with Gasteiger partial charge in [-0.1, -0.05) is 24.6 Å². The highest BCUT2D eigenvalue weighted by Gasteiger charge is 2.34. The average Bonchev–Trinajstić information content (AvgIpc) is 3.37. The highest BCUT2D eigenvalue weighted by Crippen LogP contribution is 2.34. The second-order valence-corrected chi connectivity index (χ2v) is 7.50. The van der Waals surface area contributed by atoms with E-state index in [4.69, 9.17) is 0 Å². The summed E-state index contributed by atoms with van der Waals surface area (Å²) >= 11 is 0. The van der Waals surface area contributed by atoms with Crippen LogP contribution in [0.1, 0.15) is 51.2 Å². The molecule has 32 heavy (non-hydrogen) atoms. The van der Waals surface area contributed by atoms with Gasteiger partial charge in [0.1, 0.15) is 11.3 Å². The van der Waals surface area contributed by atoms with Crippen molar-refractivity contribution < 1.29 is 18.3 Å². The quantitative estimate of drug-likeness (QED) is 0.384. The molecule has 0 bridgehead atoms. The molecular weight excluding hydrogens is 417 g/mol. The zero-order valence-corrected chi connectivity index (χ0v) is 18.8. The molecule has 0 radical (unpaired) electrons. The molecule has 174 valence electrons. The van der Waals surface area contributed by atoms with E-state index in [2.05, 4.69) is 20.6 Å². The van der Waals surface area contributed by atoms with E-state index in [-0.39, 0.29) is 23.3 Å². The molecule has 0 saturated carbocycles. The SMILES string of the molecule is C1CCNC1.C\C=C(NCc1cc(C(F)(F)F)c2nccnc2c1)/C(O)=C\C=C(/C)CC. The molecule has 1 aromatic carbocycles. The molecule has 1 aliphatic rings. The molecule has 0 aliphatic carbocycles. The molecule has 5 nitrogen and oxygen atoms in total. The molecule has 1 aliphatic heterocycles. The van der Waals surface area contributed by atoms with Crippen LogP contribution in [0, 0.1) is 0 Å². The van der Waals surface area contributed by atoms with E-state index in [1.54, 1.807) is 31.2 Å². The summed E-state index contributed by atoms with van der Waals surface area (Å²) in [5, 5.41) is 16.4. The summed E-state index contributed by atoms with van der Waals surface area (Å²) in [6.07, 6.45) is 6.73. The fourth-order valence-electron chi connectivity index (χ4n) is 3.04. The van der Waals surface area contributed by atoms with E-state index in [0.717, 1.165) is 18.1 Å². The molecule has 3 N–H and O–H groups in total. The number of nitrogens with one attached hydrogen (secondary N) is 2. The van der Waals surface area contributed by atoms with Crippen LogP contribution in [0.2, 0.25) is 0 Å². The number of aliphatic hydroxyl groups is 1. The third kappa shape index (κ3) is 7.67. The normalized spacial score (nSPS) is 15.5. The molecule has 0 atom stereocenters. The zero-order chi connectivity index (χ0) is 23.6. The van der Waals surface area contributed by atoms with Crippen LogP contribution in [0.25, 0.3) is 11.0 Å². The molecule has 8 heteroatoms. The molecule has 2 aromatic rings. The van der Waals surface area contributed by atoms with E-state index in [1.807, 2.05) is 13.8 Å². The van der Waals surface area contributed by atoms with Gasteiger partial charge < -0.3 is 15.7 Å². The van der Waals surface area contributed by atoms with E-state index in [0.29, 0.717) is 11.3 Å². The van der Waals surface area contributed by atoms with Crippen LogP contribution in [-0.4, -0.2) is 28.2 Å². The van der Waals surface area contributed by atoms with Gasteiger partial charge in [-0.15, -0.1) is 0 Å². The highest BCUT2D eigenvalue weighted by atomic mass is 19.4. The predicted octanol–water partition coefficient (Wildman–Crippen LogP) is 5.81. The lowest BCUT2D eigenvalue weighted by atomic mass is 10.1. The molecule has 1 aromatic heterocycles. The maximum absolute atomic E-state index is 13.3. The Hall–Kier alpha value is -2.87. The first-order valence-corrected chi connectivity index (χ1v) is 10.7. The van der Waals surface area contributed by atoms with Gasteiger partial charge >= 0.3 is 6.18 Å². The summed E-state index contributed by atoms with van der Waals surface area (Å²) in [4.78, 5) is 7.79. The van der Waals surface area contributed by atoms with E-state index in [1.165, 1.54) is 38.3 Å². The first-order chi connectivity index (χ1) is 15.3. The number of aliphatic hydroxyl groups excluding tert-OH is 1. The molecule has 0 unspecified atom stereocenters. The van der Waals surface area contributed by atoms with Crippen molar-refractivity contribution in [1.82, 2.24) is 20.6 Å². The number of allylic oxidation sites excluding steroid dienone is 4. The van der Waals surface area contributed by atoms with Crippen molar-refractivity contribution in [2.24, 2.45) is 0 Å². The van der Waals surface area contributed by atoms with Crippen molar-refractivity contribution in [2.75, 3.05) is 13.1 Å². The molecule has 0 spiro atoms. The van der Waals surface area contributed by atoms with Gasteiger partial charge in [0, 0.05) is 18.9 Å². The van der Waals surface area contributed by atoms with Crippen LogP contribution in [0.4, 0.5) is 13.2 Å². The monoisotopic (exact) mass is 448 g/mol. The number of halogens is 3. The Balaban J connectivity index is 0.000000636. The number of rotatable bonds is 6. The van der Waals surface area contributed by atoms with Crippen LogP contribution < -0.4 is 10.6 Å². The summed E-state index contributed by atoms with van der Waals surface area (Å²) in [6, 6.07) is 2.61. The van der Waals surface area contributed by atoms with Crippen molar-refractivity contribution in [3.8, 4) is 0 Å². The third-order valence-electron chi connectivity index (χ3n) is 5.03. The van der Waals surface area contributed by atoms with Crippen LogP contribution >= 0.6 is 0 Å². The maximum atomic E-state index is 13.3. The van der Waals surface area contributed by atoms with Gasteiger partial charge in [0.25, 0.3) is 0 Å². The predicted molar refractivity (Wildman–Crippen MR) is 122 cm³/mol. The van der Waals surface area contributed by atoms with Crippen LogP contribution in [0.15, 0.2) is 59.8 Å².